The van der Waals surface area contributed by atoms with Gasteiger partial charge in [0.1, 0.15) is 0 Å². The summed E-state index contributed by atoms with van der Waals surface area (Å²) in [6.07, 6.45) is 2.07. The number of hydrogen-bond donors (Lipinski definition) is 0. The minimum absolute atomic E-state index is 1.03. The summed E-state index contributed by atoms with van der Waals surface area (Å²) in [6, 6.07) is 145. The van der Waals surface area contributed by atoms with Gasteiger partial charge in [0.25, 0.3) is 0 Å². The smallest absolute Gasteiger partial charge is 0.0627 e. The van der Waals surface area contributed by atoms with E-state index in [1.165, 1.54) is 242 Å². The SMILES string of the molecule is Cc1ccc(-n2c3ccccc3c3c4c(ccc32)Cc2ccccc2-4)cc1.Cc1cccc(-n2c3ccccc3c3c4c(ccc32)Cc2ccccc2-4)c1.Cn1c2ccccc2c2c3c4ccccc4n(-c4ccc(-c5ccccc5)cc4)c3c3ccccc3c21.Cn1c2ccccc2c2c3c4ccccc4n(-c4ccccc4)c3c3ccccc3c21. The van der Waals surface area contributed by atoms with Crippen molar-refractivity contribution in [1.82, 2.24) is 27.4 Å². The summed E-state index contributed by atoms with van der Waals surface area (Å²) in [5.41, 5.74) is 36.5. The van der Waals surface area contributed by atoms with E-state index in [-0.39, 0.29) is 0 Å². The second kappa shape index (κ2) is 28.1. The van der Waals surface area contributed by atoms with Crippen molar-refractivity contribution in [2.45, 2.75) is 26.7 Å². The Labute approximate surface area is 705 Å². The maximum atomic E-state index is 2.46. The predicted molar refractivity (Wildman–Crippen MR) is 517 cm³/mol. The van der Waals surface area contributed by atoms with Gasteiger partial charge in [-0.3, -0.25) is 0 Å². The van der Waals surface area contributed by atoms with Crippen molar-refractivity contribution in [2.75, 3.05) is 0 Å². The number of fused-ring (bicyclic) bond motifs is 34. The van der Waals surface area contributed by atoms with Gasteiger partial charge in [0, 0.05) is 134 Å². The Morgan fingerprint density at radius 3 is 0.951 bits per heavy atom. The lowest BCUT2D eigenvalue weighted by Gasteiger charge is -2.12. The van der Waals surface area contributed by atoms with E-state index in [1.54, 1.807) is 0 Å². The van der Waals surface area contributed by atoms with Crippen LogP contribution in [0.4, 0.5) is 0 Å². The third-order valence-electron chi connectivity index (χ3n) is 26.3. The fourth-order valence-electron chi connectivity index (χ4n) is 21.1. The minimum atomic E-state index is 1.03. The molecule has 0 saturated heterocycles. The molecule has 576 valence electrons. The number of benzene rings is 19. The van der Waals surface area contributed by atoms with Crippen LogP contribution in [0.3, 0.4) is 0 Å². The molecule has 122 heavy (non-hydrogen) atoms. The van der Waals surface area contributed by atoms with Crippen LogP contribution in [0.5, 0.6) is 0 Å². The quantitative estimate of drug-likeness (QED) is 0.164. The van der Waals surface area contributed by atoms with Crippen molar-refractivity contribution >= 4 is 152 Å². The Morgan fingerprint density at radius 2 is 0.500 bits per heavy atom. The van der Waals surface area contributed by atoms with Crippen molar-refractivity contribution in [1.29, 1.82) is 0 Å². The first kappa shape index (κ1) is 70.7. The second-order valence-corrected chi connectivity index (χ2v) is 33.1. The highest BCUT2D eigenvalue weighted by atomic mass is 15.0. The molecule has 0 bridgehead atoms. The average molecular weight is 1560 g/mol. The molecule has 0 radical (unpaired) electrons. The summed E-state index contributed by atoms with van der Waals surface area (Å²) in [7, 11) is 4.39. The van der Waals surface area contributed by atoms with E-state index < -0.39 is 0 Å². The molecule has 0 aliphatic heterocycles. The largest absolute Gasteiger partial charge is 0.343 e. The van der Waals surface area contributed by atoms with E-state index in [0.717, 1.165) is 12.8 Å². The zero-order valence-electron chi connectivity index (χ0n) is 68.2. The molecule has 2 aliphatic rings. The molecule has 27 rings (SSSR count). The summed E-state index contributed by atoms with van der Waals surface area (Å²) >= 11 is 0. The molecule has 0 amide bonds. The molecule has 0 fully saturated rings. The van der Waals surface area contributed by atoms with Gasteiger partial charge in [-0.15, -0.1) is 0 Å². The van der Waals surface area contributed by atoms with Gasteiger partial charge in [-0.2, -0.15) is 0 Å². The summed E-state index contributed by atoms with van der Waals surface area (Å²) < 4.78 is 14.5. The molecule has 6 heterocycles. The van der Waals surface area contributed by atoms with Gasteiger partial charge in [0.15, 0.2) is 0 Å². The highest BCUT2D eigenvalue weighted by Gasteiger charge is 2.29. The standard InChI is InChI=1S/C35H24N2.C29H20N2.2C26H19N/c1-36-30-17-9-7-15-28(30)32-33-29-16-8-10-18-31(29)37(35(33)27-14-6-5-13-26(27)34(32)36)25-21-19-24(20-22-25)23-11-3-2-4-12-23;1-30-24-17-9-7-15-22(24)26-27-23-16-8-10-18-25(23)31(19-11-3-2-4-12-19)29(27)21-14-6-5-13-20(21)28(26)30;1-17-7-6-9-20(15-17)27-23-12-5-4-11-22(23)26-24(27)14-13-19-16-18-8-2-3-10-21(18)25(19)26;1-17-10-13-20(14-11-17)27-23-9-5-4-8-22(23)26-24(27)15-12-19-16-18-6-2-3-7-21(18)25(19)26/h2-22H,1H3;2-18H,1H3;2*2-15H,16H2,1H3. The van der Waals surface area contributed by atoms with Gasteiger partial charge in [-0.25, -0.2) is 0 Å². The Kier molecular flexibility index (Phi) is 16.3. The van der Waals surface area contributed by atoms with Crippen molar-refractivity contribution in [3.63, 3.8) is 0 Å². The number of nitrogens with zero attached hydrogens (tertiary/aromatic N) is 6. The van der Waals surface area contributed by atoms with Gasteiger partial charge in [0.2, 0.25) is 0 Å². The van der Waals surface area contributed by atoms with Crippen LogP contribution in [0.25, 0.3) is 209 Å². The van der Waals surface area contributed by atoms with E-state index in [4.69, 9.17) is 0 Å². The first-order valence-corrected chi connectivity index (χ1v) is 42.5. The van der Waals surface area contributed by atoms with E-state index >= 15 is 0 Å². The molecule has 0 atom stereocenters. The third kappa shape index (κ3) is 10.8. The van der Waals surface area contributed by atoms with Crippen LogP contribution < -0.4 is 0 Å². The number of aryl methyl sites for hydroxylation is 4. The van der Waals surface area contributed by atoms with Crippen LogP contribution in [-0.2, 0) is 26.9 Å². The van der Waals surface area contributed by atoms with Crippen molar-refractivity contribution in [2.24, 2.45) is 14.1 Å². The lowest BCUT2D eigenvalue weighted by molar-refractivity contribution is 1.02. The maximum absolute atomic E-state index is 2.46. The first-order chi connectivity index (χ1) is 60.3. The van der Waals surface area contributed by atoms with Crippen LogP contribution in [0, 0.1) is 13.8 Å². The summed E-state index contributed by atoms with van der Waals surface area (Å²) in [5.74, 6) is 0. The normalized spacial score (nSPS) is 12.2. The van der Waals surface area contributed by atoms with Crippen LogP contribution in [0.15, 0.2) is 400 Å². The first-order valence-electron chi connectivity index (χ1n) is 42.5. The summed E-state index contributed by atoms with van der Waals surface area (Å²) in [4.78, 5) is 0. The fourth-order valence-corrected chi connectivity index (χ4v) is 21.1. The average Bonchev–Trinajstić information content (AvgIpc) is 1.56. The van der Waals surface area contributed by atoms with Gasteiger partial charge in [0.05, 0.1) is 55.2 Å². The molecule has 6 nitrogen and oxygen atoms in total. The van der Waals surface area contributed by atoms with Gasteiger partial charge < -0.3 is 27.4 Å². The topological polar surface area (TPSA) is 29.6 Å². The molecule has 0 unspecified atom stereocenters. The van der Waals surface area contributed by atoms with E-state index in [0.29, 0.717) is 0 Å². The molecular formula is C116H82N6. The Morgan fingerprint density at radius 1 is 0.189 bits per heavy atom. The van der Waals surface area contributed by atoms with Crippen LogP contribution in [-0.4, -0.2) is 27.4 Å². The highest BCUT2D eigenvalue weighted by Crippen LogP contribution is 2.51. The Balaban J connectivity index is 0.0000000927. The van der Waals surface area contributed by atoms with E-state index in [2.05, 4.69) is 456 Å². The maximum Gasteiger partial charge on any atom is 0.0627 e. The molecular weight excluding hydrogens is 1480 g/mol. The number of aromatic nitrogens is 6. The van der Waals surface area contributed by atoms with E-state index in [9.17, 15) is 0 Å². The minimum Gasteiger partial charge on any atom is -0.343 e. The number of para-hydroxylation sites is 7. The third-order valence-corrected chi connectivity index (χ3v) is 26.3. The molecule has 19 aromatic carbocycles. The molecule has 2 aliphatic carbocycles. The Hall–Kier alpha value is -15.5. The monoisotopic (exact) mass is 1560 g/mol. The van der Waals surface area contributed by atoms with Gasteiger partial charge in [-0.05, 0) is 185 Å². The van der Waals surface area contributed by atoms with E-state index in [1.807, 2.05) is 0 Å². The van der Waals surface area contributed by atoms with Crippen molar-refractivity contribution < 1.29 is 0 Å². The molecule has 6 heteroatoms. The molecule has 25 aromatic rings. The summed E-state index contributed by atoms with van der Waals surface area (Å²) in [5, 5.41) is 21.1. The molecule has 6 aromatic heterocycles. The second-order valence-electron chi connectivity index (χ2n) is 33.1. The van der Waals surface area contributed by atoms with Gasteiger partial charge >= 0.3 is 0 Å². The van der Waals surface area contributed by atoms with Gasteiger partial charge in [-0.1, -0.05) is 309 Å². The van der Waals surface area contributed by atoms with Crippen molar-refractivity contribution in [3.8, 4) is 56.1 Å². The Bertz CT molecular complexity index is 8590. The van der Waals surface area contributed by atoms with Crippen LogP contribution in [0.1, 0.15) is 33.4 Å². The molecule has 0 saturated carbocycles. The zero-order valence-corrected chi connectivity index (χ0v) is 68.2. The van der Waals surface area contributed by atoms with Crippen molar-refractivity contribution in [3.05, 3.63) is 434 Å². The lowest BCUT2D eigenvalue weighted by Crippen LogP contribution is -1.95. The number of hydrogen-bond acceptors (Lipinski definition) is 0. The predicted octanol–water partition coefficient (Wildman–Crippen LogP) is 30.2. The number of rotatable bonds is 5. The summed E-state index contributed by atoms with van der Waals surface area (Å²) in [6.45, 7) is 4.30. The molecule has 0 spiro atoms. The van der Waals surface area contributed by atoms with Crippen LogP contribution in [0.2, 0.25) is 0 Å². The fraction of sp³-hybridized carbons (Fsp3) is 0.0517. The molecule has 0 N–H and O–H groups in total. The zero-order chi connectivity index (χ0) is 81.0. The van der Waals surface area contributed by atoms with Crippen LogP contribution >= 0.6 is 0 Å². The highest BCUT2D eigenvalue weighted by molar-refractivity contribution is 6.39. The lowest BCUT2D eigenvalue weighted by atomic mass is 9.99.